The van der Waals surface area contributed by atoms with Crippen molar-refractivity contribution >= 4 is 11.8 Å². The van der Waals surface area contributed by atoms with Crippen molar-refractivity contribution in [1.82, 2.24) is 4.90 Å². The molecule has 1 heterocycles. The number of nitro benzene ring substituents is 1. The molecule has 1 aromatic carbocycles. The van der Waals surface area contributed by atoms with Gasteiger partial charge in [-0.2, -0.15) is 0 Å². The maximum atomic E-state index is 12.2. The maximum absolute atomic E-state index is 12.2. The fraction of sp³-hybridized carbons (Fsp3) is 0.588. The van der Waals surface area contributed by atoms with Gasteiger partial charge in [-0.25, -0.2) is 4.79 Å². The number of likely N-dealkylation sites (tertiary alicyclic amines) is 1. The molecule has 1 aliphatic heterocycles. The number of ether oxygens (including phenoxy) is 1. The zero-order chi connectivity index (χ0) is 17.7. The van der Waals surface area contributed by atoms with E-state index in [9.17, 15) is 20.0 Å². The topological polar surface area (TPSA) is 92.9 Å². The van der Waals surface area contributed by atoms with Crippen molar-refractivity contribution < 1.29 is 19.6 Å². The predicted octanol–water partition coefficient (Wildman–Crippen LogP) is 2.32. The van der Waals surface area contributed by atoms with Crippen LogP contribution < -0.4 is 0 Å². The zero-order valence-electron chi connectivity index (χ0n) is 14.1. The van der Waals surface area contributed by atoms with Crippen molar-refractivity contribution in [2.45, 2.75) is 31.8 Å². The number of carbonyl (C=O) groups is 1. The van der Waals surface area contributed by atoms with Crippen LogP contribution in [0.1, 0.15) is 26.3 Å². The number of aliphatic hydroxyl groups is 1. The van der Waals surface area contributed by atoms with E-state index in [1.807, 2.05) is 26.8 Å². The first-order valence-electron chi connectivity index (χ1n) is 8.03. The van der Waals surface area contributed by atoms with Crippen LogP contribution in [0.4, 0.5) is 10.5 Å². The summed E-state index contributed by atoms with van der Waals surface area (Å²) >= 11 is 0. The Kier molecular flexibility index (Phi) is 3.79. The van der Waals surface area contributed by atoms with Gasteiger partial charge >= 0.3 is 6.09 Å². The van der Waals surface area contributed by atoms with Crippen LogP contribution in [0.25, 0.3) is 0 Å². The minimum absolute atomic E-state index is 0.0225. The number of fused-ring (bicyclic) bond motifs is 1. The predicted molar refractivity (Wildman–Crippen MR) is 86.6 cm³/mol. The molecule has 0 bridgehead atoms. The van der Waals surface area contributed by atoms with Crippen LogP contribution in [-0.2, 0) is 10.2 Å². The second kappa shape index (κ2) is 5.44. The first kappa shape index (κ1) is 16.7. The van der Waals surface area contributed by atoms with Crippen molar-refractivity contribution in [2.75, 3.05) is 19.7 Å². The number of hydrogen-bond acceptors (Lipinski definition) is 5. The van der Waals surface area contributed by atoms with E-state index in [1.54, 1.807) is 11.0 Å². The van der Waals surface area contributed by atoms with E-state index in [4.69, 9.17) is 4.74 Å². The minimum Gasteiger partial charge on any atom is -0.444 e. The number of piperidine rings is 1. The third kappa shape index (κ3) is 2.62. The number of hydrogen-bond donors (Lipinski definition) is 1. The molecule has 2 aliphatic rings. The molecule has 130 valence electrons. The lowest BCUT2D eigenvalue weighted by molar-refractivity contribution is -0.385. The number of rotatable bonds is 3. The van der Waals surface area contributed by atoms with Crippen molar-refractivity contribution in [3.63, 3.8) is 0 Å². The summed E-state index contributed by atoms with van der Waals surface area (Å²) in [4.78, 5) is 24.4. The van der Waals surface area contributed by atoms with Crippen molar-refractivity contribution in [1.29, 1.82) is 0 Å². The minimum atomic E-state index is -0.544. The number of nitrogens with zero attached hydrogens (tertiary/aromatic N) is 2. The highest BCUT2D eigenvalue weighted by molar-refractivity contribution is 5.69. The molecule has 1 N–H and O–H groups in total. The van der Waals surface area contributed by atoms with Gasteiger partial charge in [0.25, 0.3) is 5.69 Å². The largest absolute Gasteiger partial charge is 0.444 e. The smallest absolute Gasteiger partial charge is 0.410 e. The quantitative estimate of drug-likeness (QED) is 0.676. The van der Waals surface area contributed by atoms with Gasteiger partial charge in [0.2, 0.25) is 0 Å². The van der Waals surface area contributed by atoms with Gasteiger partial charge < -0.3 is 14.7 Å². The summed E-state index contributed by atoms with van der Waals surface area (Å²) in [6, 6.07) is 6.44. The third-order valence-electron chi connectivity index (χ3n) is 5.04. The van der Waals surface area contributed by atoms with E-state index in [0.29, 0.717) is 13.1 Å². The summed E-state index contributed by atoms with van der Waals surface area (Å²) in [6.45, 7) is 6.39. The van der Waals surface area contributed by atoms with Crippen molar-refractivity contribution in [3.05, 3.63) is 39.9 Å². The highest BCUT2D eigenvalue weighted by atomic mass is 16.6. The molecule has 1 saturated heterocycles. The van der Waals surface area contributed by atoms with Crippen LogP contribution in [0.5, 0.6) is 0 Å². The van der Waals surface area contributed by atoms with Crippen LogP contribution in [0, 0.1) is 22.0 Å². The lowest BCUT2D eigenvalue weighted by Crippen LogP contribution is -2.39. The Morgan fingerprint density at radius 1 is 1.42 bits per heavy atom. The van der Waals surface area contributed by atoms with Crippen LogP contribution >= 0.6 is 0 Å². The summed E-state index contributed by atoms with van der Waals surface area (Å²) < 4.78 is 5.38. The van der Waals surface area contributed by atoms with Crippen LogP contribution in [-0.4, -0.2) is 46.3 Å². The van der Waals surface area contributed by atoms with Crippen molar-refractivity contribution in [2.24, 2.45) is 11.8 Å². The number of benzene rings is 1. The van der Waals surface area contributed by atoms with Gasteiger partial charge in [0, 0.05) is 30.6 Å². The molecule has 7 heteroatoms. The number of non-ortho nitro benzene ring substituents is 1. The number of amides is 1. The SMILES string of the molecule is CC(C)(C)OC(=O)N1CC2C(C1)C2(CO)c1cccc([N+](=O)[O-])c1. The molecule has 0 aromatic heterocycles. The Balaban J connectivity index is 1.75. The van der Waals surface area contributed by atoms with Gasteiger partial charge in [-0.3, -0.25) is 10.1 Å². The van der Waals surface area contributed by atoms with Gasteiger partial charge in [0.1, 0.15) is 5.60 Å². The molecule has 1 amide bonds. The Bertz CT molecular complexity index is 670. The lowest BCUT2D eigenvalue weighted by Gasteiger charge is -2.28. The standard InChI is InChI=1S/C17H22N2O5/c1-16(2,3)24-15(21)18-8-13-14(9-18)17(13,10-20)11-5-4-6-12(7-11)19(22)23/h4-7,13-14,20H,8-10H2,1-3H3. The second-order valence-corrected chi connectivity index (χ2v) is 7.60. The summed E-state index contributed by atoms with van der Waals surface area (Å²) in [5.41, 5.74) is -0.227. The van der Waals surface area contributed by atoms with Gasteiger partial charge in [-0.1, -0.05) is 12.1 Å². The third-order valence-corrected chi connectivity index (χ3v) is 5.04. The van der Waals surface area contributed by atoms with E-state index in [-0.39, 0.29) is 30.2 Å². The Morgan fingerprint density at radius 3 is 2.54 bits per heavy atom. The maximum Gasteiger partial charge on any atom is 0.410 e. The molecule has 2 fully saturated rings. The summed E-state index contributed by atoms with van der Waals surface area (Å²) in [5, 5.41) is 20.9. The fourth-order valence-electron chi connectivity index (χ4n) is 3.87. The molecule has 1 aromatic rings. The number of nitro groups is 1. The lowest BCUT2D eigenvalue weighted by atomic mass is 9.90. The summed E-state index contributed by atoms with van der Waals surface area (Å²) in [6.07, 6.45) is -0.347. The normalized spacial score (nSPS) is 28.4. The molecule has 2 unspecified atom stereocenters. The summed E-state index contributed by atoms with van der Waals surface area (Å²) in [5.74, 6) is 0.217. The van der Waals surface area contributed by atoms with E-state index in [0.717, 1.165) is 5.56 Å². The first-order chi connectivity index (χ1) is 11.2. The summed E-state index contributed by atoms with van der Waals surface area (Å²) in [7, 11) is 0. The molecule has 0 spiro atoms. The molecule has 7 nitrogen and oxygen atoms in total. The Labute approximate surface area is 140 Å². The number of aliphatic hydroxyl groups excluding tert-OH is 1. The van der Waals surface area contributed by atoms with Gasteiger partial charge in [-0.15, -0.1) is 0 Å². The average Bonchev–Trinajstić information content (AvgIpc) is 2.87. The van der Waals surface area contributed by atoms with Gasteiger partial charge in [-0.05, 0) is 38.2 Å². The van der Waals surface area contributed by atoms with E-state index in [2.05, 4.69) is 0 Å². The van der Waals surface area contributed by atoms with E-state index >= 15 is 0 Å². The molecule has 2 atom stereocenters. The molecule has 24 heavy (non-hydrogen) atoms. The molecule has 1 aliphatic carbocycles. The molecule has 0 radical (unpaired) electrons. The number of carbonyl (C=O) groups excluding carboxylic acids is 1. The van der Waals surface area contributed by atoms with Crippen LogP contribution in [0.2, 0.25) is 0 Å². The van der Waals surface area contributed by atoms with Crippen LogP contribution in [0.15, 0.2) is 24.3 Å². The average molecular weight is 334 g/mol. The molecular formula is C17H22N2O5. The molecule has 3 rings (SSSR count). The van der Waals surface area contributed by atoms with E-state index < -0.39 is 15.9 Å². The van der Waals surface area contributed by atoms with Gasteiger partial charge in [0.15, 0.2) is 0 Å². The fourth-order valence-corrected chi connectivity index (χ4v) is 3.87. The van der Waals surface area contributed by atoms with E-state index in [1.165, 1.54) is 12.1 Å². The first-order valence-corrected chi connectivity index (χ1v) is 8.03. The Hall–Kier alpha value is -2.15. The molecular weight excluding hydrogens is 312 g/mol. The highest BCUT2D eigenvalue weighted by Gasteiger charge is 2.69. The monoisotopic (exact) mass is 334 g/mol. The highest BCUT2D eigenvalue weighted by Crippen LogP contribution is 2.63. The second-order valence-electron chi connectivity index (χ2n) is 7.60. The Morgan fingerprint density at radius 2 is 2.04 bits per heavy atom. The zero-order valence-corrected chi connectivity index (χ0v) is 14.1. The van der Waals surface area contributed by atoms with Crippen molar-refractivity contribution in [3.8, 4) is 0 Å². The van der Waals surface area contributed by atoms with Gasteiger partial charge in [0.05, 0.1) is 11.5 Å². The van der Waals surface area contributed by atoms with Crippen LogP contribution in [0.3, 0.4) is 0 Å². The molecule has 1 saturated carbocycles.